The third kappa shape index (κ3) is 2.23. The minimum absolute atomic E-state index is 0.0946. The van der Waals surface area contributed by atoms with Crippen molar-refractivity contribution in [3.63, 3.8) is 0 Å². The van der Waals surface area contributed by atoms with Crippen LogP contribution in [-0.4, -0.2) is 15.5 Å². The van der Waals surface area contributed by atoms with Crippen molar-refractivity contribution in [2.24, 2.45) is 0 Å². The van der Waals surface area contributed by atoms with E-state index in [-0.39, 0.29) is 21.7 Å². The minimum atomic E-state index is -2.74. The van der Waals surface area contributed by atoms with E-state index >= 15 is 0 Å². The second-order valence-corrected chi connectivity index (χ2v) is 6.05. The smallest absolute Gasteiger partial charge is 0.273 e. The molecule has 0 saturated carbocycles. The predicted octanol–water partition coefficient (Wildman–Crippen LogP) is 2.67. The van der Waals surface area contributed by atoms with Gasteiger partial charge in [0.1, 0.15) is 11.9 Å². The van der Waals surface area contributed by atoms with Crippen LogP contribution in [0.5, 0.6) is 0 Å². The number of hydrogen-bond donors (Lipinski definition) is 1. The second-order valence-electron chi connectivity index (χ2n) is 5.14. The van der Waals surface area contributed by atoms with E-state index in [1.165, 1.54) is 9.95 Å². The number of amides is 1. The molecule has 1 atom stereocenters. The molecule has 0 bridgehead atoms. The Hall–Kier alpha value is -2.09. The Morgan fingerprint density at radius 1 is 1.50 bits per heavy atom. The van der Waals surface area contributed by atoms with Gasteiger partial charge in [-0.1, -0.05) is 6.58 Å². The number of rotatable bonds is 2. The van der Waals surface area contributed by atoms with Gasteiger partial charge in [0.2, 0.25) is 5.91 Å². The molecule has 1 N–H and O–H groups in total. The number of fused-ring (bicyclic) bond motifs is 1. The molecule has 0 aromatic carbocycles. The summed E-state index contributed by atoms with van der Waals surface area (Å²) in [5.74, 6) is -0.0276. The van der Waals surface area contributed by atoms with Crippen molar-refractivity contribution in [1.82, 2.24) is 14.9 Å². The average molecular weight is 325 g/mol. The summed E-state index contributed by atoms with van der Waals surface area (Å²) >= 11 is 0.810. The molecule has 0 aliphatic carbocycles. The van der Waals surface area contributed by atoms with E-state index in [0.29, 0.717) is 24.4 Å². The first-order valence-corrected chi connectivity index (χ1v) is 7.55. The number of carbonyl (C=O) groups excluding carboxylic acids is 1. The predicted molar refractivity (Wildman–Crippen MR) is 79.1 cm³/mol. The first kappa shape index (κ1) is 14.8. The maximum absolute atomic E-state index is 13.1. The molecule has 1 saturated heterocycles. The third-order valence-electron chi connectivity index (χ3n) is 3.70. The summed E-state index contributed by atoms with van der Waals surface area (Å²) in [6.45, 7) is 5.28. The van der Waals surface area contributed by atoms with Crippen molar-refractivity contribution < 1.29 is 13.6 Å². The van der Waals surface area contributed by atoms with Crippen LogP contribution in [0, 0.1) is 6.92 Å². The zero-order chi connectivity index (χ0) is 16.0. The van der Waals surface area contributed by atoms with Gasteiger partial charge in [-0.3, -0.25) is 14.2 Å². The van der Waals surface area contributed by atoms with Crippen LogP contribution in [0.15, 0.2) is 22.5 Å². The van der Waals surface area contributed by atoms with Gasteiger partial charge in [-0.15, -0.1) is 11.3 Å². The molecule has 8 heteroatoms. The van der Waals surface area contributed by atoms with Crippen molar-refractivity contribution in [3.8, 4) is 0 Å². The number of thiophene rings is 1. The van der Waals surface area contributed by atoms with E-state index in [9.17, 15) is 18.4 Å². The fourth-order valence-corrected chi connectivity index (χ4v) is 3.51. The monoisotopic (exact) mass is 325 g/mol. The zero-order valence-electron chi connectivity index (χ0n) is 11.7. The van der Waals surface area contributed by atoms with Crippen LogP contribution in [0.1, 0.15) is 36.0 Å². The van der Waals surface area contributed by atoms with Crippen LogP contribution >= 0.6 is 11.3 Å². The van der Waals surface area contributed by atoms with Crippen LogP contribution < -0.4 is 10.9 Å². The molecule has 22 heavy (non-hydrogen) atoms. The Bertz CT molecular complexity index is 840. The highest BCUT2D eigenvalue weighted by Crippen LogP contribution is 2.32. The number of allylic oxidation sites excluding steroid dienone is 1. The van der Waals surface area contributed by atoms with Gasteiger partial charge in [-0.05, 0) is 19.8 Å². The number of aryl methyl sites for hydroxylation is 1. The lowest BCUT2D eigenvalue weighted by Gasteiger charge is -2.26. The number of piperidine rings is 1. The molecule has 2 aromatic rings. The standard InChI is InChI=1S/C14H13F2N3O2S/c1-6-3-4-9(13(20)17-6)19-7(2)18-8-5-22-11(12(15)16)10(8)14(19)21/h5,9,12H,1,3-4H2,2H3,(H,17,20). The van der Waals surface area contributed by atoms with Gasteiger partial charge < -0.3 is 5.32 Å². The van der Waals surface area contributed by atoms with Gasteiger partial charge in [-0.2, -0.15) is 0 Å². The molecule has 2 aromatic heterocycles. The molecule has 5 nitrogen and oxygen atoms in total. The summed E-state index contributed by atoms with van der Waals surface area (Å²) in [5.41, 5.74) is 0.246. The van der Waals surface area contributed by atoms with Gasteiger partial charge in [0.25, 0.3) is 12.0 Å². The maximum atomic E-state index is 13.1. The Morgan fingerprint density at radius 3 is 2.86 bits per heavy atom. The van der Waals surface area contributed by atoms with Gasteiger partial charge in [0.15, 0.2) is 0 Å². The number of nitrogens with one attached hydrogen (secondary N) is 1. The molecule has 1 aliphatic heterocycles. The Labute approximate surface area is 128 Å². The molecule has 1 aliphatic rings. The third-order valence-corrected chi connectivity index (χ3v) is 4.67. The fourth-order valence-electron chi connectivity index (χ4n) is 2.69. The Morgan fingerprint density at radius 2 is 2.23 bits per heavy atom. The summed E-state index contributed by atoms with van der Waals surface area (Å²) in [7, 11) is 0. The van der Waals surface area contributed by atoms with Crippen LogP contribution in [0.3, 0.4) is 0 Å². The largest absolute Gasteiger partial charge is 0.329 e. The van der Waals surface area contributed by atoms with E-state index in [0.717, 1.165) is 11.3 Å². The number of aromatic nitrogens is 2. The topological polar surface area (TPSA) is 64.0 Å². The molecule has 0 radical (unpaired) electrons. The zero-order valence-corrected chi connectivity index (χ0v) is 12.5. The lowest BCUT2D eigenvalue weighted by molar-refractivity contribution is -0.124. The molecule has 3 heterocycles. The van der Waals surface area contributed by atoms with Crippen molar-refractivity contribution in [3.05, 3.63) is 38.7 Å². The highest BCUT2D eigenvalue weighted by molar-refractivity contribution is 7.11. The number of carbonyl (C=O) groups is 1. The second kappa shape index (κ2) is 5.28. The summed E-state index contributed by atoms with van der Waals surface area (Å²) < 4.78 is 27.3. The molecule has 0 spiro atoms. The molecule has 1 amide bonds. The Balaban J connectivity index is 2.21. The number of halogens is 2. The fraction of sp³-hybridized carbons (Fsp3) is 0.357. The molecule has 116 valence electrons. The van der Waals surface area contributed by atoms with Gasteiger partial charge >= 0.3 is 0 Å². The summed E-state index contributed by atoms with van der Waals surface area (Å²) in [6.07, 6.45) is -1.81. The average Bonchev–Trinajstić information content (AvgIpc) is 2.85. The molecular formula is C14H13F2N3O2S. The van der Waals surface area contributed by atoms with E-state index in [4.69, 9.17) is 0 Å². The van der Waals surface area contributed by atoms with Crippen LogP contribution in [0.4, 0.5) is 8.78 Å². The molecule has 1 unspecified atom stereocenters. The SMILES string of the molecule is C=C1CCC(n2c(C)nc3csc(C(F)F)c3c2=O)C(=O)N1. The molecular weight excluding hydrogens is 312 g/mol. The van der Waals surface area contributed by atoms with Crippen molar-refractivity contribution in [2.75, 3.05) is 0 Å². The van der Waals surface area contributed by atoms with E-state index < -0.39 is 18.0 Å². The molecule has 3 rings (SSSR count). The highest BCUT2D eigenvalue weighted by Gasteiger charge is 2.30. The van der Waals surface area contributed by atoms with Crippen LogP contribution in [0.25, 0.3) is 10.9 Å². The van der Waals surface area contributed by atoms with Gasteiger partial charge in [0, 0.05) is 11.1 Å². The van der Waals surface area contributed by atoms with Crippen molar-refractivity contribution >= 4 is 28.1 Å². The summed E-state index contributed by atoms with van der Waals surface area (Å²) in [6, 6.07) is -0.750. The van der Waals surface area contributed by atoms with Crippen molar-refractivity contribution in [1.29, 1.82) is 0 Å². The summed E-state index contributed by atoms with van der Waals surface area (Å²) in [5, 5.41) is 3.94. The van der Waals surface area contributed by atoms with Crippen molar-refractivity contribution in [2.45, 2.75) is 32.2 Å². The lowest BCUT2D eigenvalue weighted by atomic mass is 10.0. The number of nitrogens with zero attached hydrogens (tertiary/aromatic N) is 2. The quantitative estimate of drug-likeness (QED) is 0.923. The van der Waals surface area contributed by atoms with Gasteiger partial charge in [0.05, 0.1) is 15.8 Å². The first-order chi connectivity index (χ1) is 10.4. The van der Waals surface area contributed by atoms with E-state index in [1.807, 2.05) is 0 Å². The van der Waals surface area contributed by atoms with E-state index in [1.54, 1.807) is 6.92 Å². The first-order valence-electron chi connectivity index (χ1n) is 6.67. The lowest BCUT2D eigenvalue weighted by Crippen LogP contribution is -2.41. The maximum Gasteiger partial charge on any atom is 0.273 e. The number of alkyl halides is 2. The van der Waals surface area contributed by atoms with E-state index in [2.05, 4.69) is 16.9 Å². The summed E-state index contributed by atoms with van der Waals surface area (Å²) in [4.78, 5) is 28.7. The number of hydrogen-bond acceptors (Lipinski definition) is 4. The minimum Gasteiger partial charge on any atom is -0.329 e. The Kier molecular flexibility index (Phi) is 3.56. The van der Waals surface area contributed by atoms with Crippen LogP contribution in [0.2, 0.25) is 0 Å². The van der Waals surface area contributed by atoms with Crippen LogP contribution in [-0.2, 0) is 4.79 Å². The molecule has 1 fully saturated rings. The normalized spacial score (nSPS) is 19.0. The highest BCUT2D eigenvalue weighted by atomic mass is 32.1. The van der Waals surface area contributed by atoms with Gasteiger partial charge in [-0.25, -0.2) is 13.8 Å².